The van der Waals surface area contributed by atoms with Crippen LogP contribution in [0.25, 0.3) is 11.3 Å². The smallest absolute Gasteiger partial charge is 0.433 e. The average Bonchev–Trinajstić information content (AvgIpc) is 3.64. The van der Waals surface area contributed by atoms with Gasteiger partial charge in [-0.2, -0.15) is 13.2 Å². The number of hydrogen-bond acceptors (Lipinski definition) is 4. The topological polar surface area (TPSA) is 48.2 Å². The van der Waals surface area contributed by atoms with Gasteiger partial charge in [0.15, 0.2) is 5.69 Å². The Hall–Kier alpha value is -2.25. The molecule has 0 spiro atoms. The van der Waals surface area contributed by atoms with Crippen LogP contribution < -0.4 is 4.74 Å². The maximum atomic E-state index is 13.5. The Morgan fingerprint density at radius 2 is 1.81 bits per heavy atom. The minimum atomic E-state index is -4.56. The van der Waals surface area contributed by atoms with E-state index >= 15 is 0 Å². The van der Waals surface area contributed by atoms with Crippen LogP contribution in [0.4, 0.5) is 13.2 Å². The third-order valence-corrected chi connectivity index (χ3v) is 6.00. The number of aromatic nitrogens is 2. The summed E-state index contributed by atoms with van der Waals surface area (Å²) >= 11 is 12.7. The number of pyridine rings is 1. The lowest BCUT2D eigenvalue weighted by Crippen LogP contribution is -2.13. The standard InChI is InChI=1S/C22H16Cl2F3N2O2/c23-15-2-1-3-16(24)18(15)19-14(20(31-29-19)12-6-7-12)10-30-17-9-8-13(11-4-5-11)21(28-17)22(25,26)27/h1-4,8-9,11-12H,5-7,10H2. The van der Waals surface area contributed by atoms with E-state index in [2.05, 4.69) is 10.1 Å². The Bertz CT molecular complexity index is 1120. The van der Waals surface area contributed by atoms with Crippen molar-refractivity contribution >= 4 is 23.2 Å². The highest BCUT2D eigenvalue weighted by molar-refractivity contribution is 6.39. The van der Waals surface area contributed by atoms with E-state index < -0.39 is 11.9 Å². The van der Waals surface area contributed by atoms with Crippen LogP contribution in [0, 0.1) is 6.42 Å². The zero-order valence-electron chi connectivity index (χ0n) is 16.0. The molecule has 1 unspecified atom stereocenters. The predicted molar refractivity (Wildman–Crippen MR) is 109 cm³/mol. The molecule has 4 nitrogen and oxygen atoms in total. The molecule has 0 N–H and O–H groups in total. The molecule has 2 aliphatic rings. The minimum absolute atomic E-state index is 0.0641. The van der Waals surface area contributed by atoms with E-state index in [9.17, 15) is 13.2 Å². The fraction of sp³-hybridized carbons (Fsp3) is 0.318. The van der Waals surface area contributed by atoms with E-state index in [1.165, 1.54) is 12.1 Å². The average molecular weight is 468 g/mol. The van der Waals surface area contributed by atoms with Crippen molar-refractivity contribution in [2.24, 2.45) is 0 Å². The first kappa shape index (κ1) is 20.6. The van der Waals surface area contributed by atoms with Crippen molar-refractivity contribution in [1.82, 2.24) is 10.1 Å². The summed E-state index contributed by atoms with van der Waals surface area (Å²) in [6.45, 7) is -0.0641. The Morgan fingerprint density at radius 3 is 2.42 bits per heavy atom. The minimum Gasteiger partial charge on any atom is -0.473 e. The molecule has 1 radical (unpaired) electrons. The van der Waals surface area contributed by atoms with Crippen LogP contribution >= 0.6 is 23.2 Å². The fourth-order valence-electron chi connectivity index (χ4n) is 3.57. The normalized spacial score (nSPS) is 16.5. The summed E-state index contributed by atoms with van der Waals surface area (Å²) in [6, 6.07) is 7.98. The van der Waals surface area contributed by atoms with E-state index in [0.717, 1.165) is 12.8 Å². The molecule has 2 fully saturated rings. The molecule has 2 heterocycles. The molecule has 0 aliphatic heterocycles. The maximum Gasteiger partial charge on any atom is 0.433 e. The Kier molecular flexibility index (Phi) is 5.13. The molecule has 1 aromatic carbocycles. The first-order valence-electron chi connectivity index (χ1n) is 9.80. The second-order valence-corrected chi connectivity index (χ2v) is 8.51. The maximum absolute atomic E-state index is 13.5. The van der Waals surface area contributed by atoms with E-state index in [4.69, 9.17) is 32.5 Å². The van der Waals surface area contributed by atoms with Crippen molar-refractivity contribution in [3.05, 3.63) is 69.4 Å². The van der Waals surface area contributed by atoms with Gasteiger partial charge in [-0.1, -0.05) is 40.5 Å². The largest absolute Gasteiger partial charge is 0.473 e. The number of ether oxygens (including phenoxy) is 1. The van der Waals surface area contributed by atoms with Gasteiger partial charge in [0.2, 0.25) is 5.88 Å². The van der Waals surface area contributed by atoms with Gasteiger partial charge in [-0.15, -0.1) is 0 Å². The first-order valence-corrected chi connectivity index (χ1v) is 10.6. The highest BCUT2D eigenvalue weighted by Gasteiger charge is 2.40. The second kappa shape index (κ2) is 7.71. The van der Waals surface area contributed by atoms with Gasteiger partial charge in [0, 0.05) is 17.5 Å². The quantitative estimate of drug-likeness (QED) is 0.384. The number of hydrogen-bond donors (Lipinski definition) is 0. The van der Waals surface area contributed by atoms with Crippen LogP contribution in [0.15, 0.2) is 34.9 Å². The molecule has 5 rings (SSSR count). The van der Waals surface area contributed by atoms with E-state index in [1.54, 1.807) is 18.2 Å². The van der Waals surface area contributed by atoms with Gasteiger partial charge < -0.3 is 9.26 Å². The molecular weight excluding hydrogens is 452 g/mol. The fourth-order valence-corrected chi connectivity index (χ4v) is 4.15. The second-order valence-electron chi connectivity index (χ2n) is 7.70. The van der Waals surface area contributed by atoms with E-state index in [-0.39, 0.29) is 29.9 Å². The Morgan fingerprint density at radius 1 is 1.10 bits per heavy atom. The molecule has 0 bridgehead atoms. The first-order chi connectivity index (χ1) is 14.8. The lowest BCUT2D eigenvalue weighted by Gasteiger charge is -2.14. The van der Waals surface area contributed by atoms with E-state index in [0.29, 0.717) is 39.0 Å². The third kappa shape index (κ3) is 4.13. The summed E-state index contributed by atoms with van der Waals surface area (Å²) in [6.07, 6.45) is -0.233. The molecule has 3 aromatic rings. The number of benzene rings is 1. The van der Waals surface area contributed by atoms with E-state index in [1.807, 2.05) is 6.42 Å². The van der Waals surface area contributed by atoms with Crippen molar-refractivity contribution in [1.29, 1.82) is 0 Å². The van der Waals surface area contributed by atoms with Crippen molar-refractivity contribution in [2.45, 2.75) is 43.9 Å². The monoisotopic (exact) mass is 467 g/mol. The molecule has 0 amide bonds. The number of rotatable bonds is 6. The molecule has 9 heteroatoms. The van der Waals surface area contributed by atoms with Crippen LogP contribution in [0.1, 0.15) is 53.7 Å². The zero-order chi connectivity index (χ0) is 21.8. The molecule has 2 saturated carbocycles. The van der Waals surface area contributed by atoms with Crippen molar-refractivity contribution in [3.8, 4) is 17.1 Å². The summed E-state index contributed by atoms with van der Waals surface area (Å²) in [5.74, 6) is 0.529. The summed E-state index contributed by atoms with van der Waals surface area (Å²) < 4.78 is 51.7. The highest BCUT2D eigenvalue weighted by Crippen LogP contribution is 2.47. The number of nitrogens with zero attached hydrogens (tertiary/aromatic N) is 2. The van der Waals surface area contributed by atoms with Crippen molar-refractivity contribution in [2.75, 3.05) is 0 Å². The lowest BCUT2D eigenvalue weighted by molar-refractivity contribution is -0.142. The van der Waals surface area contributed by atoms with Crippen molar-refractivity contribution in [3.63, 3.8) is 0 Å². The zero-order valence-corrected chi connectivity index (χ0v) is 17.6. The predicted octanol–water partition coefficient (Wildman–Crippen LogP) is 7.21. The number of halogens is 5. The molecule has 2 aromatic heterocycles. The van der Waals surface area contributed by atoms with Gasteiger partial charge in [0.05, 0.1) is 15.6 Å². The molecule has 161 valence electrons. The van der Waals surface area contributed by atoms with Gasteiger partial charge >= 0.3 is 6.18 Å². The van der Waals surface area contributed by atoms with Crippen LogP contribution in [0.3, 0.4) is 0 Å². The SMILES string of the molecule is FC(F)(F)c1nc(OCc2c(-c3c(Cl)cccc3Cl)noc2C2CC2)ccc1C1[CH]C1. The van der Waals surface area contributed by atoms with Gasteiger partial charge in [0.25, 0.3) is 0 Å². The van der Waals surface area contributed by atoms with Crippen LogP contribution in [-0.4, -0.2) is 10.1 Å². The molecule has 2 aliphatic carbocycles. The van der Waals surface area contributed by atoms with Crippen molar-refractivity contribution < 1.29 is 22.4 Å². The Labute approximate surface area is 186 Å². The summed E-state index contributed by atoms with van der Waals surface area (Å²) in [7, 11) is 0. The van der Waals surface area contributed by atoms with Gasteiger partial charge in [-0.25, -0.2) is 4.98 Å². The summed E-state index contributed by atoms with van der Waals surface area (Å²) in [5.41, 5.74) is 0.812. The van der Waals surface area contributed by atoms with Gasteiger partial charge in [-0.3, -0.25) is 0 Å². The summed E-state index contributed by atoms with van der Waals surface area (Å²) in [4.78, 5) is 3.76. The van der Waals surface area contributed by atoms with Crippen LogP contribution in [0.2, 0.25) is 10.0 Å². The number of alkyl halides is 3. The lowest BCUT2D eigenvalue weighted by atomic mass is 10.0. The van der Waals surface area contributed by atoms with Crippen LogP contribution in [-0.2, 0) is 12.8 Å². The molecule has 1 atom stereocenters. The van der Waals surface area contributed by atoms with Gasteiger partial charge in [0.1, 0.15) is 18.1 Å². The van der Waals surface area contributed by atoms with Gasteiger partial charge in [-0.05, 0) is 49.3 Å². The third-order valence-electron chi connectivity index (χ3n) is 5.37. The highest BCUT2D eigenvalue weighted by atomic mass is 35.5. The Balaban J connectivity index is 1.48. The molecular formula is C22H16Cl2F3N2O2. The molecule has 31 heavy (non-hydrogen) atoms. The molecule has 0 saturated heterocycles. The van der Waals surface area contributed by atoms with Crippen LogP contribution in [0.5, 0.6) is 5.88 Å². The summed E-state index contributed by atoms with van der Waals surface area (Å²) in [5, 5.41) is 4.95.